The average molecular weight is 701 g/mol. The van der Waals surface area contributed by atoms with Gasteiger partial charge in [0.25, 0.3) is 32.3 Å². The molecule has 0 amide bonds. The normalized spacial score (nSPS) is 15.4. The van der Waals surface area contributed by atoms with Crippen LogP contribution in [0.1, 0.15) is 23.6 Å². The van der Waals surface area contributed by atoms with Crippen molar-refractivity contribution in [3.05, 3.63) is 92.0 Å². The highest BCUT2D eigenvalue weighted by Crippen LogP contribution is 2.25. The van der Waals surface area contributed by atoms with Gasteiger partial charge in [-0.25, -0.2) is 18.7 Å². The van der Waals surface area contributed by atoms with E-state index in [0.717, 1.165) is 48.2 Å². The van der Waals surface area contributed by atoms with Crippen molar-refractivity contribution in [1.29, 1.82) is 0 Å². The van der Waals surface area contributed by atoms with Gasteiger partial charge >= 0.3 is 0 Å². The summed E-state index contributed by atoms with van der Waals surface area (Å²) in [5.74, 6) is 3.95. The number of rotatable bonds is 13. The average Bonchev–Trinajstić information content (AvgIpc) is 3.37. The zero-order chi connectivity index (χ0) is 31.1. The summed E-state index contributed by atoms with van der Waals surface area (Å²) in [7, 11) is 13.9. The summed E-state index contributed by atoms with van der Waals surface area (Å²) >= 11 is 24.7. The predicted octanol–water partition coefficient (Wildman–Crippen LogP) is 7.50. The number of H-pyrrole nitrogens is 1. The van der Waals surface area contributed by atoms with Gasteiger partial charge in [-0.3, -0.25) is 4.90 Å². The van der Waals surface area contributed by atoms with Crippen LogP contribution in [0.15, 0.2) is 54.1 Å². The fourth-order valence-corrected chi connectivity index (χ4v) is 7.50. The van der Waals surface area contributed by atoms with Crippen LogP contribution >= 0.6 is 68.0 Å². The Labute approximate surface area is 283 Å². The van der Waals surface area contributed by atoms with Crippen molar-refractivity contribution in [2.75, 3.05) is 43.6 Å². The second kappa shape index (κ2) is 16.0. The Bertz CT molecular complexity index is 1500. The molecule has 0 saturated carbocycles. The first-order valence-corrected chi connectivity index (χ1v) is 17.9. The van der Waals surface area contributed by atoms with Gasteiger partial charge in [-0.1, -0.05) is 51.9 Å². The lowest BCUT2D eigenvalue weighted by Crippen LogP contribution is -2.32. The molecule has 2 heterocycles. The van der Waals surface area contributed by atoms with Gasteiger partial charge in [0.15, 0.2) is 0 Å². The molecule has 0 saturated heterocycles. The van der Waals surface area contributed by atoms with Crippen LogP contribution in [0.5, 0.6) is 0 Å². The van der Waals surface area contributed by atoms with Gasteiger partial charge in [-0.05, 0) is 95.3 Å². The van der Waals surface area contributed by atoms with Gasteiger partial charge in [-0.2, -0.15) is 0 Å². The molecule has 4 rings (SSSR count). The third kappa shape index (κ3) is 8.91. The maximum atomic E-state index is 6.24. The van der Waals surface area contributed by atoms with Gasteiger partial charge < -0.3 is 4.90 Å². The van der Waals surface area contributed by atoms with Gasteiger partial charge in [0.05, 0.1) is 21.1 Å². The van der Waals surface area contributed by atoms with Crippen molar-refractivity contribution in [3.8, 4) is 0 Å². The minimum absolute atomic E-state index is 0.419. The van der Waals surface area contributed by atoms with E-state index in [-0.39, 0.29) is 0 Å². The van der Waals surface area contributed by atoms with Crippen LogP contribution < -0.4 is 14.0 Å². The van der Waals surface area contributed by atoms with E-state index in [1.807, 2.05) is 68.6 Å². The van der Waals surface area contributed by atoms with E-state index < -0.39 is 0 Å². The van der Waals surface area contributed by atoms with Crippen molar-refractivity contribution in [2.45, 2.75) is 12.5 Å². The van der Waals surface area contributed by atoms with Crippen LogP contribution in [0.4, 0.5) is 5.69 Å². The highest BCUT2D eigenvalue weighted by molar-refractivity contribution is 8.76. The molecule has 1 aliphatic carbocycles. The van der Waals surface area contributed by atoms with Gasteiger partial charge in [-0.15, -0.1) is 0 Å². The Morgan fingerprint density at radius 1 is 0.930 bits per heavy atom. The number of halogens is 4. The number of benzene rings is 1. The number of anilines is 1. The minimum Gasteiger partial charge on any atom is -0.374 e. The summed E-state index contributed by atoms with van der Waals surface area (Å²) in [5.41, 5.74) is 3.51. The van der Waals surface area contributed by atoms with Crippen molar-refractivity contribution in [1.82, 2.24) is 14.5 Å². The van der Waals surface area contributed by atoms with E-state index in [0.29, 0.717) is 26.7 Å². The molecule has 2 aromatic heterocycles. The molecule has 0 fully saturated rings. The van der Waals surface area contributed by atoms with Gasteiger partial charge in [0, 0.05) is 55.5 Å². The van der Waals surface area contributed by atoms with Crippen LogP contribution in [0.2, 0.25) is 20.6 Å². The third-order valence-electron chi connectivity index (χ3n) is 7.51. The molecule has 1 N–H and O–H groups in total. The molecule has 1 atom stereocenters. The van der Waals surface area contributed by atoms with E-state index in [9.17, 15) is 0 Å². The molecule has 6 nitrogen and oxygen atoms in total. The molecule has 0 spiro atoms. The zero-order valence-electron chi connectivity index (χ0n) is 25.0. The summed E-state index contributed by atoms with van der Waals surface area (Å²) in [5, 5.41) is 2.02. The molecule has 230 valence electrons. The SMILES string of the molecule is CN(CCSSCCN(C)C1C=CC(/C=C/c2[nH]c(Cl)c(Cl)[n+]2C)=CC1)c1ccc(/C=C/c2n(C)c(Cl)c(Cl)[n+]2C)cc1. The van der Waals surface area contributed by atoms with Crippen molar-refractivity contribution in [2.24, 2.45) is 21.1 Å². The van der Waals surface area contributed by atoms with Crippen molar-refractivity contribution in [3.63, 3.8) is 0 Å². The topological polar surface area (TPSA) is 35.0 Å². The number of aromatic amines is 1. The Balaban J connectivity index is 1.12. The molecule has 1 unspecified atom stereocenters. The lowest BCUT2D eigenvalue weighted by atomic mass is 10.0. The molecule has 3 aromatic rings. The summed E-state index contributed by atoms with van der Waals surface area (Å²) in [6.07, 6.45) is 15.9. The Kier molecular flexibility index (Phi) is 12.7. The summed E-state index contributed by atoms with van der Waals surface area (Å²) in [4.78, 5) is 7.81. The fraction of sp³-hybridized carbons (Fsp3) is 0.355. The highest BCUT2D eigenvalue weighted by Gasteiger charge is 2.21. The summed E-state index contributed by atoms with van der Waals surface area (Å²) in [6, 6.07) is 9.01. The monoisotopic (exact) mass is 698 g/mol. The number of nitrogens with zero attached hydrogens (tertiary/aromatic N) is 5. The molecule has 43 heavy (non-hydrogen) atoms. The molecule has 1 aliphatic rings. The minimum atomic E-state index is 0.419. The number of imidazole rings is 2. The maximum Gasteiger partial charge on any atom is 0.283 e. The molecule has 0 radical (unpaired) electrons. The molecular formula is C31H38Cl4N6S2+2. The largest absolute Gasteiger partial charge is 0.374 e. The van der Waals surface area contributed by atoms with Gasteiger partial charge in [0.1, 0.15) is 0 Å². The number of hydrogen-bond acceptors (Lipinski definition) is 4. The van der Waals surface area contributed by atoms with E-state index in [1.54, 1.807) is 0 Å². The molecule has 12 heteroatoms. The van der Waals surface area contributed by atoms with Crippen LogP contribution in [0, 0.1) is 0 Å². The van der Waals surface area contributed by atoms with Crippen molar-refractivity contribution < 1.29 is 9.13 Å². The van der Waals surface area contributed by atoms with Crippen LogP contribution in [0.25, 0.3) is 18.2 Å². The fourth-order valence-electron chi connectivity index (χ4n) is 4.61. The summed E-state index contributed by atoms with van der Waals surface area (Å²) in [6.45, 7) is 2.04. The van der Waals surface area contributed by atoms with Crippen LogP contribution in [-0.4, -0.2) is 59.2 Å². The summed E-state index contributed by atoms with van der Waals surface area (Å²) < 4.78 is 5.57. The van der Waals surface area contributed by atoms with Crippen molar-refractivity contribution >= 4 is 91.9 Å². The third-order valence-corrected chi connectivity index (χ3v) is 11.6. The molecular weight excluding hydrogens is 662 g/mol. The second-order valence-electron chi connectivity index (χ2n) is 10.4. The van der Waals surface area contributed by atoms with Gasteiger partial charge in [0.2, 0.25) is 0 Å². The second-order valence-corrected chi connectivity index (χ2v) is 14.6. The Hall–Kier alpha value is -1.78. The first-order valence-electron chi connectivity index (χ1n) is 13.9. The maximum absolute atomic E-state index is 6.24. The zero-order valence-corrected chi connectivity index (χ0v) is 29.7. The predicted molar refractivity (Wildman–Crippen MR) is 189 cm³/mol. The number of allylic oxidation sites excluding steroid dienone is 3. The van der Waals surface area contributed by atoms with E-state index in [1.165, 1.54) is 11.3 Å². The Morgan fingerprint density at radius 3 is 2.21 bits per heavy atom. The molecule has 0 bridgehead atoms. The number of likely N-dealkylation sites (N-methyl/N-ethyl adjacent to an activating group) is 1. The van der Waals surface area contributed by atoms with E-state index >= 15 is 0 Å². The first-order chi connectivity index (χ1) is 20.6. The van der Waals surface area contributed by atoms with Crippen LogP contribution in [-0.2, 0) is 21.1 Å². The number of nitrogens with one attached hydrogen (secondary N) is 1. The molecule has 0 aliphatic heterocycles. The number of aromatic nitrogens is 4. The number of hydrogen-bond donors (Lipinski definition) is 1. The highest BCUT2D eigenvalue weighted by atomic mass is 35.5. The lowest BCUT2D eigenvalue weighted by molar-refractivity contribution is -0.670. The van der Waals surface area contributed by atoms with E-state index in [4.69, 9.17) is 46.4 Å². The first kappa shape index (κ1) is 34.1. The molecule has 1 aromatic carbocycles. The van der Waals surface area contributed by atoms with E-state index in [2.05, 4.69) is 83.5 Å². The standard InChI is InChI=1S/C31H37Cl4N6S2/c1-37(24-12-6-22(7-13-24)10-16-26-36-28(32)29(33)39(26)3)18-20-42-43-21-19-38(2)25-14-8-23(9-15-25)11-17-27-40(4)30(34)31(35)41(27)5/h6-12,14-17,24H,13,18-21H2,1-5H3/q+1/p+1/b16-10+. The lowest BCUT2D eigenvalue weighted by Gasteiger charge is -2.26. The Morgan fingerprint density at radius 2 is 1.63 bits per heavy atom. The smallest absolute Gasteiger partial charge is 0.283 e. The quantitative estimate of drug-likeness (QED) is 0.114. The van der Waals surface area contributed by atoms with Crippen LogP contribution in [0.3, 0.4) is 0 Å².